The maximum absolute atomic E-state index is 11.7. The Hall–Kier alpha value is -2.21. The summed E-state index contributed by atoms with van der Waals surface area (Å²) < 4.78 is 4.66. The van der Waals surface area contributed by atoms with Crippen LogP contribution < -0.4 is 5.32 Å². The SMILES string of the molecule is COC(=O)c1nc(Nc2ccc(C)cc2C)sc1C(C)=O. The molecule has 0 unspecified atom stereocenters. The van der Waals surface area contributed by atoms with Crippen molar-refractivity contribution in [3.8, 4) is 0 Å². The van der Waals surface area contributed by atoms with E-state index < -0.39 is 5.97 Å². The summed E-state index contributed by atoms with van der Waals surface area (Å²) in [5, 5.41) is 3.63. The Morgan fingerprint density at radius 2 is 2.00 bits per heavy atom. The predicted molar refractivity (Wildman–Crippen MR) is 82.7 cm³/mol. The van der Waals surface area contributed by atoms with E-state index in [-0.39, 0.29) is 11.5 Å². The van der Waals surface area contributed by atoms with Crippen LogP contribution in [0.1, 0.15) is 38.2 Å². The zero-order valence-corrected chi connectivity index (χ0v) is 13.1. The average Bonchev–Trinajstić information content (AvgIpc) is 2.85. The molecule has 0 atom stereocenters. The highest BCUT2D eigenvalue weighted by atomic mass is 32.1. The third kappa shape index (κ3) is 3.28. The van der Waals surface area contributed by atoms with Crippen LogP contribution in [0.3, 0.4) is 0 Å². The summed E-state index contributed by atoms with van der Waals surface area (Å²) in [7, 11) is 1.27. The minimum Gasteiger partial charge on any atom is -0.464 e. The fourth-order valence-electron chi connectivity index (χ4n) is 1.92. The third-order valence-electron chi connectivity index (χ3n) is 2.95. The van der Waals surface area contributed by atoms with Gasteiger partial charge in [-0.3, -0.25) is 4.79 Å². The van der Waals surface area contributed by atoms with E-state index in [9.17, 15) is 9.59 Å². The van der Waals surface area contributed by atoms with Crippen molar-refractivity contribution in [1.82, 2.24) is 4.98 Å². The van der Waals surface area contributed by atoms with Crippen molar-refractivity contribution in [2.75, 3.05) is 12.4 Å². The summed E-state index contributed by atoms with van der Waals surface area (Å²) >= 11 is 1.15. The van der Waals surface area contributed by atoms with Crippen LogP contribution in [0.25, 0.3) is 0 Å². The fourth-order valence-corrected chi connectivity index (χ4v) is 2.78. The first-order valence-electron chi connectivity index (χ1n) is 6.36. The van der Waals surface area contributed by atoms with Crippen molar-refractivity contribution in [2.24, 2.45) is 0 Å². The van der Waals surface area contributed by atoms with Gasteiger partial charge in [-0.1, -0.05) is 29.0 Å². The first-order chi connectivity index (χ1) is 9.92. The van der Waals surface area contributed by atoms with E-state index in [1.54, 1.807) is 0 Å². The molecule has 5 nitrogen and oxygen atoms in total. The second kappa shape index (κ2) is 6.05. The molecular weight excluding hydrogens is 288 g/mol. The van der Waals surface area contributed by atoms with E-state index in [2.05, 4.69) is 15.0 Å². The van der Waals surface area contributed by atoms with Gasteiger partial charge in [0, 0.05) is 12.6 Å². The number of Topliss-reactive ketones (excluding diaryl/α,β-unsaturated/α-hetero) is 1. The number of thiazole rings is 1. The first-order valence-corrected chi connectivity index (χ1v) is 7.18. The first kappa shape index (κ1) is 15.2. The lowest BCUT2D eigenvalue weighted by Gasteiger charge is -2.07. The molecule has 0 amide bonds. The molecule has 6 heteroatoms. The number of aromatic nitrogens is 1. The second-order valence-corrected chi connectivity index (χ2v) is 5.69. The van der Waals surface area contributed by atoms with Crippen LogP contribution in [0.2, 0.25) is 0 Å². The molecule has 0 saturated heterocycles. The van der Waals surface area contributed by atoms with Crippen molar-refractivity contribution in [2.45, 2.75) is 20.8 Å². The predicted octanol–water partition coefficient (Wildman–Crippen LogP) is 3.49. The van der Waals surface area contributed by atoms with Gasteiger partial charge in [0.15, 0.2) is 16.6 Å². The lowest BCUT2D eigenvalue weighted by atomic mass is 10.1. The molecule has 0 fully saturated rings. The number of ether oxygens (including phenoxy) is 1. The largest absolute Gasteiger partial charge is 0.464 e. The van der Waals surface area contributed by atoms with Crippen LogP contribution in [0.15, 0.2) is 18.2 Å². The van der Waals surface area contributed by atoms with E-state index in [1.807, 2.05) is 32.0 Å². The molecule has 2 rings (SSSR count). The molecule has 0 spiro atoms. The number of anilines is 2. The molecule has 0 aliphatic heterocycles. The maximum Gasteiger partial charge on any atom is 0.358 e. The normalized spacial score (nSPS) is 10.3. The smallest absolute Gasteiger partial charge is 0.358 e. The number of carbonyl (C=O) groups is 2. The van der Waals surface area contributed by atoms with Gasteiger partial charge in [-0.2, -0.15) is 0 Å². The number of nitrogens with zero attached hydrogens (tertiary/aromatic N) is 1. The standard InChI is InChI=1S/C15H16N2O3S/c1-8-5-6-11(9(2)7-8)16-15-17-12(14(19)20-4)13(21-15)10(3)18/h5-7H,1-4H3,(H,16,17). The Kier molecular flexibility index (Phi) is 4.37. The number of nitrogens with one attached hydrogen (secondary N) is 1. The topological polar surface area (TPSA) is 68.3 Å². The van der Waals surface area contributed by atoms with E-state index in [4.69, 9.17) is 0 Å². The van der Waals surface area contributed by atoms with Gasteiger partial charge in [0.1, 0.15) is 4.88 Å². The number of aryl methyl sites for hydroxylation is 2. The van der Waals surface area contributed by atoms with E-state index in [0.717, 1.165) is 28.2 Å². The van der Waals surface area contributed by atoms with Crippen LogP contribution in [0, 0.1) is 13.8 Å². The highest BCUT2D eigenvalue weighted by Crippen LogP contribution is 2.28. The number of hydrogen-bond donors (Lipinski definition) is 1. The number of carbonyl (C=O) groups excluding carboxylic acids is 2. The van der Waals surface area contributed by atoms with Crippen molar-refractivity contribution < 1.29 is 14.3 Å². The van der Waals surface area contributed by atoms with Gasteiger partial charge in [0.05, 0.1) is 7.11 Å². The highest BCUT2D eigenvalue weighted by Gasteiger charge is 2.22. The zero-order chi connectivity index (χ0) is 15.6. The highest BCUT2D eigenvalue weighted by molar-refractivity contribution is 7.17. The quantitative estimate of drug-likeness (QED) is 0.691. The summed E-state index contributed by atoms with van der Waals surface area (Å²) in [4.78, 5) is 27.7. The third-order valence-corrected chi connectivity index (χ3v) is 4.02. The van der Waals surface area contributed by atoms with Crippen LogP contribution in [0.5, 0.6) is 0 Å². The van der Waals surface area contributed by atoms with Gasteiger partial charge in [-0.25, -0.2) is 9.78 Å². The van der Waals surface area contributed by atoms with Gasteiger partial charge in [-0.05, 0) is 25.5 Å². The lowest BCUT2D eigenvalue weighted by molar-refractivity contribution is 0.0591. The maximum atomic E-state index is 11.7. The fraction of sp³-hybridized carbons (Fsp3) is 0.267. The van der Waals surface area contributed by atoms with E-state index >= 15 is 0 Å². The number of methoxy groups -OCH3 is 1. The number of hydrogen-bond acceptors (Lipinski definition) is 6. The molecule has 2 aromatic rings. The summed E-state index contributed by atoms with van der Waals surface area (Å²) in [5.41, 5.74) is 3.18. The molecule has 0 saturated carbocycles. The summed E-state index contributed by atoms with van der Waals surface area (Å²) in [6.07, 6.45) is 0. The van der Waals surface area contributed by atoms with Crippen molar-refractivity contribution in [1.29, 1.82) is 0 Å². The molecule has 21 heavy (non-hydrogen) atoms. The summed E-state index contributed by atoms with van der Waals surface area (Å²) in [5.74, 6) is -0.813. The van der Waals surface area contributed by atoms with Gasteiger partial charge < -0.3 is 10.1 Å². The van der Waals surface area contributed by atoms with Gasteiger partial charge in [-0.15, -0.1) is 0 Å². The summed E-state index contributed by atoms with van der Waals surface area (Å²) in [6, 6.07) is 5.97. The van der Waals surface area contributed by atoms with Crippen molar-refractivity contribution in [3.63, 3.8) is 0 Å². The minimum absolute atomic E-state index is 0.0577. The van der Waals surface area contributed by atoms with Gasteiger partial charge in [0.25, 0.3) is 0 Å². The van der Waals surface area contributed by atoms with Crippen molar-refractivity contribution >= 4 is 33.9 Å². The van der Waals surface area contributed by atoms with Crippen LogP contribution in [-0.4, -0.2) is 23.8 Å². The van der Waals surface area contributed by atoms with Crippen molar-refractivity contribution in [3.05, 3.63) is 39.9 Å². The minimum atomic E-state index is -0.606. The van der Waals surface area contributed by atoms with Crippen LogP contribution >= 0.6 is 11.3 Å². The van der Waals surface area contributed by atoms with E-state index in [1.165, 1.54) is 14.0 Å². The molecule has 1 aromatic heterocycles. The molecule has 1 aromatic carbocycles. The van der Waals surface area contributed by atoms with E-state index in [0.29, 0.717) is 10.0 Å². The average molecular weight is 304 g/mol. The zero-order valence-electron chi connectivity index (χ0n) is 12.3. The number of benzene rings is 1. The van der Waals surface area contributed by atoms with Gasteiger partial charge >= 0.3 is 5.97 Å². The summed E-state index contributed by atoms with van der Waals surface area (Å²) in [6.45, 7) is 5.40. The monoisotopic (exact) mass is 304 g/mol. The number of ketones is 1. The Balaban J connectivity index is 2.37. The Bertz CT molecular complexity index is 707. The van der Waals surface area contributed by atoms with Gasteiger partial charge in [0.2, 0.25) is 0 Å². The molecule has 0 aliphatic rings. The number of rotatable bonds is 4. The molecule has 0 bridgehead atoms. The Morgan fingerprint density at radius 3 is 2.57 bits per heavy atom. The number of esters is 1. The molecule has 1 N–H and O–H groups in total. The molecule has 0 aliphatic carbocycles. The lowest BCUT2D eigenvalue weighted by Crippen LogP contribution is -2.07. The Labute approximate surface area is 127 Å². The molecule has 110 valence electrons. The van der Waals surface area contributed by atoms with Crippen LogP contribution in [-0.2, 0) is 4.74 Å². The molecule has 0 radical (unpaired) electrons. The molecule has 1 heterocycles. The van der Waals surface area contributed by atoms with Crippen LogP contribution in [0.4, 0.5) is 10.8 Å². The molecular formula is C15H16N2O3S. The Morgan fingerprint density at radius 1 is 1.29 bits per heavy atom. The second-order valence-electron chi connectivity index (χ2n) is 4.69.